The van der Waals surface area contributed by atoms with Crippen LogP contribution >= 0.6 is 15.9 Å². The van der Waals surface area contributed by atoms with Crippen molar-refractivity contribution in [3.05, 3.63) is 28.2 Å². The molecule has 0 spiro atoms. The van der Waals surface area contributed by atoms with Gasteiger partial charge in [0, 0.05) is 5.97 Å². The Bertz CT molecular complexity index is 515. The van der Waals surface area contributed by atoms with E-state index in [-0.39, 0.29) is 18.4 Å². The van der Waals surface area contributed by atoms with Gasteiger partial charge in [0.15, 0.2) is 0 Å². The van der Waals surface area contributed by atoms with Gasteiger partial charge in [-0.05, 0) is 46.9 Å². The summed E-state index contributed by atoms with van der Waals surface area (Å²) in [6, 6.07) is 4.68. The molecule has 2 rings (SSSR count). The van der Waals surface area contributed by atoms with Crippen molar-refractivity contribution in [2.24, 2.45) is 0 Å². The fourth-order valence-corrected chi connectivity index (χ4v) is 2.55. The maximum atomic E-state index is 10.8. The molecule has 1 heterocycles. The van der Waals surface area contributed by atoms with Crippen molar-refractivity contribution in [1.29, 1.82) is 5.26 Å². The molecule has 4 nitrogen and oxygen atoms in total. The Morgan fingerprint density at radius 3 is 2.94 bits per heavy atom. The molecular weight excluding hydrogens is 297 g/mol. The molecule has 6 heteroatoms. The number of rotatable bonds is 3. The first-order chi connectivity index (χ1) is 8.60. The van der Waals surface area contributed by atoms with Crippen LogP contribution in [0.2, 0.25) is 12.6 Å². The fraction of sp³-hybridized carbons (Fsp3) is 0.333. The number of ether oxygens (including phenoxy) is 1. The van der Waals surface area contributed by atoms with Crippen LogP contribution in [-0.4, -0.2) is 23.9 Å². The average Bonchev–Trinajstić information content (AvgIpc) is 2.79. The van der Waals surface area contributed by atoms with Crippen LogP contribution in [0.25, 0.3) is 0 Å². The van der Waals surface area contributed by atoms with Gasteiger partial charge < -0.3 is 9.84 Å². The highest BCUT2D eigenvalue weighted by Gasteiger charge is 2.29. The monoisotopic (exact) mass is 307 g/mol. The molecule has 0 amide bonds. The second kappa shape index (κ2) is 5.45. The van der Waals surface area contributed by atoms with E-state index < -0.39 is 5.97 Å². The van der Waals surface area contributed by atoms with Gasteiger partial charge in [0.2, 0.25) is 0 Å². The molecule has 0 unspecified atom stereocenters. The van der Waals surface area contributed by atoms with Crippen LogP contribution in [0.5, 0.6) is 5.75 Å². The van der Waals surface area contributed by atoms with Gasteiger partial charge in [0.1, 0.15) is 5.75 Å². The molecule has 0 aromatic heterocycles. The predicted molar refractivity (Wildman–Crippen MR) is 71.1 cm³/mol. The van der Waals surface area contributed by atoms with Gasteiger partial charge in [-0.25, -0.2) is 10.1 Å². The number of hydrogen-bond acceptors (Lipinski definition) is 3. The van der Waals surface area contributed by atoms with E-state index >= 15 is 0 Å². The van der Waals surface area contributed by atoms with Gasteiger partial charge in [0.05, 0.1) is 16.1 Å². The van der Waals surface area contributed by atoms with E-state index in [4.69, 9.17) is 15.1 Å². The van der Waals surface area contributed by atoms with Crippen molar-refractivity contribution in [1.82, 2.24) is 0 Å². The van der Waals surface area contributed by atoms with E-state index in [0.29, 0.717) is 10.2 Å². The quantitative estimate of drug-likeness (QED) is 0.872. The van der Waals surface area contributed by atoms with Crippen LogP contribution in [-0.2, 0) is 0 Å². The third-order valence-electron chi connectivity index (χ3n) is 3.04. The lowest BCUT2D eigenvalue weighted by Gasteiger charge is -2.14. The number of carbonyl (C=O) groups is 1. The van der Waals surface area contributed by atoms with Crippen molar-refractivity contribution in [2.45, 2.75) is 25.2 Å². The minimum Gasteiger partial charge on any atom is -0.490 e. The Hall–Kier alpha value is -1.48. The van der Waals surface area contributed by atoms with Crippen molar-refractivity contribution in [2.75, 3.05) is 0 Å². The Kier molecular flexibility index (Phi) is 3.92. The van der Waals surface area contributed by atoms with Crippen LogP contribution in [0.15, 0.2) is 22.7 Å². The topological polar surface area (TPSA) is 70.3 Å². The molecule has 92 valence electrons. The minimum atomic E-state index is -0.965. The number of hydrogen-bond donors (Lipinski definition) is 1. The number of halogens is 1. The summed E-state index contributed by atoms with van der Waals surface area (Å²) in [6.07, 6.45) is 2.52. The molecule has 1 aliphatic rings. The van der Waals surface area contributed by atoms with E-state index in [0.717, 1.165) is 19.1 Å². The summed E-state index contributed by atoms with van der Waals surface area (Å²) in [4.78, 5) is 10.8. The first-order valence-electron chi connectivity index (χ1n) is 5.69. The second-order valence-corrected chi connectivity index (χ2v) is 5.18. The number of aromatic carboxylic acids is 1. The molecule has 18 heavy (non-hydrogen) atoms. The molecule has 1 saturated heterocycles. The highest BCUT2D eigenvalue weighted by Crippen LogP contribution is 2.31. The summed E-state index contributed by atoms with van der Waals surface area (Å²) < 4.78 is 6.41. The summed E-state index contributed by atoms with van der Waals surface area (Å²) in [5, 5.41) is 17.7. The molecule has 0 radical (unpaired) electrons. The van der Waals surface area contributed by atoms with Crippen LogP contribution in [0, 0.1) is 11.2 Å². The summed E-state index contributed by atoms with van der Waals surface area (Å²) >= 11 is 3.30. The Labute approximate surface area is 114 Å². The highest BCUT2D eigenvalue weighted by molar-refractivity contribution is 9.10. The van der Waals surface area contributed by atoms with Crippen LogP contribution in [0.3, 0.4) is 0 Å². The van der Waals surface area contributed by atoms with Crippen LogP contribution in [0.4, 0.5) is 0 Å². The standard InChI is InChI=1S/C12H11BBrNO3/c14-10-5-8(12(16)17)1-2-11(10)18-9-3-4-13(6-9)7-15/h1-2,5,9H,3-4,6H2,(H,16,17)/t9-/m0/s1. The third-order valence-corrected chi connectivity index (χ3v) is 3.66. The van der Waals surface area contributed by atoms with E-state index in [9.17, 15) is 4.79 Å². The SMILES string of the molecule is N#CB1CC[C@H](Oc2ccc(C(=O)O)cc2Br)C1. The molecule has 1 aliphatic heterocycles. The number of benzene rings is 1. The maximum Gasteiger partial charge on any atom is 0.335 e. The van der Waals surface area contributed by atoms with Crippen molar-refractivity contribution < 1.29 is 14.6 Å². The summed E-state index contributed by atoms with van der Waals surface area (Å²) in [6.45, 7) is 0.0760. The minimum absolute atomic E-state index is 0.0432. The zero-order chi connectivity index (χ0) is 13.1. The molecule has 1 atom stereocenters. The molecule has 1 fully saturated rings. The van der Waals surface area contributed by atoms with E-state index in [1.807, 2.05) is 0 Å². The first-order valence-corrected chi connectivity index (χ1v) is 6.48. The van der Waals surface area contributed by atoms with Gasteiger partial charge in [-0.15, -0.1) is 0 Å². The molecular formula is C12H11BBrNO3. The lowest BCUT2D eigenvalue weighted by molar-refractivity contribution is 0.0696. The smallest absolute Gasteiger partial charge is 0.335 e. The number of carboxylic acid groups (broad SMARTS) is 1. The summed E-state index contributed by atoms with van der Waals surface area (Å²) in [7, 11) is 0. The van der Waals surface area contributed by atoms with Gasteiger partial charge in [-0.2, -0.15) is 0 Å². The van der Waals surface area contributed by atoms with Crippen molar-refractivity contribution >= 4 is 28.6 Å². The normalized spacial score (nSPS) is 18.4. The summed E-state index contributed by atoms with van der Waals surface area (Å²) in [5.41, 5.74) is 0.218. The fourth-order valence-electron chi connectivity index (χ4n) is 2.07. The molecule has 0 aliphatic carbocycles. The molecule has 1 N–H and O–H groups in total. The largest absolute Gasteiger partial charge is 0.490 e. The summed E-state index contributed by atoms with van der Waals surface area (Å²) in [5.74, 6) is 1.91. The van der Waals surface area contributed by atoms with Gasteiger partial charge in [0.25, 0.3) is 6.71 Å². The first kappa shape index (κ1) is 13.0. The third kappa shape index (κ3) is 2.85. The Morgan fingerprint density at radius 2 is 2.39 bits per heavy atom. The zero-order valence-corrected chi connectivity index (χ0v) is 11.2. The van der Waals surface area contributed by atoms with Crippen molar-refractivity contribution in [3.8, 4) is 11.7 Å². The van der Waals surface area contributed by atoms with E-state index in [2.05, 4.69) is 21.9 Å². The molecule has 1 aromatic carbocycles. The Morgan fingerprint density at radius 1 is 1.61 bits per heavy atom. The maximum absolute atomic E-state index is 10.8. The lowest BCUT2D eigenvalue weighted by Crippen LogP contribution is -2.14. The van der Waals surface area contributed by atoms with Gasteiger partial charge >= 0.3 is 5.97 Å². The number of nitriles is 1. The van der Waals surface area contributed by atoms with Gasteiger partial charge in [-0.1, -0.05) is 6.32 Å². The highest BCUT2D eigenvalue weighted by atomic mass is 79.9. The number of carboxylic acids is 1. The van der Waals surface area contributed by atoms with E-state index in [1.54, 1.807) is 6.07 Å². The van der Waals surface area contributed by atoms with Crippen molar-refractivity contribution in [3.63, 3.8) is 0 Å². The molecule has 0 bridgehead atoms. The predicted octanol–water partition coefficient (Wildman–Crippen LogP) is 2.86. The number of nitrogens with zero attached hydrogens (tertiary/aromatic N) is 1. The lowest BCUT2D eigenvalue weighted by atomic mass is 9.50. The zero-order valence-electron chi connectivity index (χ0n) is 9.60. The second-order valence-electron chi connectivity index (χ2n) is 4.33. The van der Waals surface area contributed by atoms with Gasteiger partial charge in [-0.3, -0.25) is 0 Å². The van der Waals surface area contributed by atoms with Crippen LogP contribution in [0.1, 0.15) is 16.8 Å². The van der Waals surface area contributed by atoms with Crippen LogP contribution < -0.4 is 4.74 Å². The molecule has 0 saturated carbocycles. The van der Waals surface area contributed by atoms with E-state index in [1.165, 1.54) is 12.1 Å². The molecule has 1 aromatic rings. The Balaban J connectivity index is 2.07. The average molecular weight is 308 g/mol.